The van der Waals surface area contributed by atoms with E-state index in [1.165, 1.54) is 90.7 Å². The van der Waals surface area contributed by atoms with E-state index in [1.807, 2.05) is 0 Å². The Hall–Kier alpha value is -4.43. The molecule has 2 unspecified atom stereocenters. The minimum atomic E-state index is -0.0416. The molecule has 2 atom stereocenters. The van der Waals surface area contributed by atoms with E-state index >= 15 is 0 Å². The first-order chi connectivity index (χ1) is 20.1. The summed E-state index contributed by atoms with van der Waals surface area (Å²) in [7, 11) is 0. The first-order valence-electron chi connectivity index (χ1n) is 15.1. The zero-order valence-corrected chi connectivity index (χ0v) is 23.4. The fourth-order valence-electron chi connectivity index (χ4n) is 8.97. The van der Waals surface area contributed by atoms with Crippen LogP contribution in [0.1, 0.15) is 67.2 Å². The molecule has 2 nitrogen and oxygen atoms in total. The molecule has 0 spiro atoms. The molecule has 0 aliphatic heterocycles. The van der Waals surface area contributed by atoms with Gasteiger partial charge in [-0.1, -0.05) is 80.6 Å². The van der Waals surface area contributed by atoms with Crippen LogP contribution in [0.3, 0.4) is 0 Å². The molecule has 1 saturated carbocycles. The number of aromatic nitrogens is 2. The zero-order chi connectivity index (χ0) is 27.0. The Morgan fingerprint density at radius 3 is 2.41 bits per heavy atom. The number of hydrogen-bond acceptors (Lipinski definition) is 1. The molecule has 41 heavy (non-hydrogen) atoms. The van der Waals surface area contributed by atoms with Gasteiger partial charge in [0.05, 0.1) is 22.2 Å². The fourth-order valence-corrected chi connectivity index (χ4v) is 8.97. The van der Waals surface area contributed by atoms with Crippen LogP contribution < -0.4 is 0 Å². The van der Waals surface area contributed by atoms with Crippen LogP contribution in [0.4, 0.5) is 0 Å². The van der Waals surface area contributed by atoms with Crippen molar-refractivity contribution in [2.24, 2.45) is 0 Å². The van der Waals surface area contributed by atoms with Crippen molar-refractivity contribution < 1.29 is 0 Å². The van der Waals surface area contributed by atoms with E-state index in [-0.39, 0.29) is 5.41 Å². The van der Waals surface area contributed by atoms with Crippen molar-refractivity contribution in [1.29, 1.82) is 0 Å². The van der Waals surface area contributed by atoms with Gasteiger partial charge in [0, 0.05) is 38.5 Å². The van der Waals surface area contributed by atoms with Crippen molar-refractivity contribution in [3.63, 3.8) is 0 Å². The molecule has 0 amide bonds. The van der Waals surface area contributed by atoms with E-state index in [0.717, 1.165) is 11.4 Å². The second-order valence-electron chi connectivity index (χ2n) is 13.1. The van der Waals surface area contributed by atoms with Crippen molar-refractivity contribution in [1.82, 2.24) is 9.55 Å². The summed E-state index contributed by atoms with van der Waals surface area (Å²) >= 11 is 0. The highest BCUT2D eigenvalue weighted by atomic mass is 15.0. The molecule has 2 heteroatoms. The smallest absolute Gasteiger partial charge is 0.0784 e. The maximum absolute atomic E-state index is 5.13. The maximum Gasteiger partial charge on any atom is 0.0784 e. The van der Waals surface area contributed by atoms with Crippen molar-refractivity contribution >= 4 is 43.5 Å². The predicted octanol–water partition coefficient (Wildman–Crippen LogP) is 10.2. The molecule has 2 aromatic heterocycles. The van der Waals surface area contributed by atoms with Crippen molar-refractivity contribution in [3.05, 3.63) is 119 Å². The number of hydrogen-bond donors (Lipinski definition) is 0. The third-order valence-electron chi connectivity index (χ3n) is 10.8. The van der Waals surface area contributed by atoms with Crippen LogP contribution in [0, 0.1) is 0 Å². The molecule has 0 radical (unpaired) electrons. The Balaban J connectivity index is 1.29. The van der Waals surface area contributed by atoms with E-state index in [1.54, 1.807) is 5.56 Å². The molecule has 3 aliphatic carbocycles. The Labute approximate surface area is 239 Å². The quantitative estimate of drug-likeness (QED) is 0.195. The van der Waals surface area contributed by atoms with Gasteiger partial charge in [0.2, 0.25) is 0 Å². The van der Waals surface area contributed by atoms with E-state index in [2.05, 4.69) is 116 Å². The van der Waals surface area contributed by atoms with Crippen LogP contribution in [0.2, 0.25) is 0 Å². The summed E-state index contributed by atoms with van der Waals surface area (Å²) in [5.74, 6) is 1.44. The van der Waals surface area contributed by atoms with Gasteiger partial charge in [0.15, 0.2) is 0 Å². The van der Waals surface area contributed by atoms with Crippen LogP contribution >= 0.6 is 0 Å². The summed E-state index contributed by atoms with van der Waals surface area (Å²) in [5, 5.41) is 6.51. The van der Waals surface area contributed by atoms with E-state index in [0.29, 0.717) is 5.92 Å². The highest BCUT2D eigenvalue weighted by Crippen LogP contribution is 2.55. The van der Waals surface area contributed by atoms with Crippen LogP contribution in [0.5, 0.6) is 0 Å². The summed E-state index contributed by atoms with van der Waals surface area (Å²) < 4.78 is 2.51. The van der Waals surface area contributed by atoms with Crippen LogP contribution in [-0.2, 0) is 5.41 Å². The molecule has 10 rings (SSSR count). The average Bonchev–Trinajstić information content (AvgIpc) is 3.76. The third-order valence-corrected chi connectivity index (χ3v) is 10.8. The SMILES string of the molecule is CC1(C)c2ccccc2-c2cc3c4ccccc4n(-c4cccc5c4ccc4c6c(cnc45)C4CCC6C4)c3cc21. The monoisotopic (exact) mass is 526 g/mol. The number of para-hydroxylation sites is 1. The van der Waals surface area contributed by atoms with Gasteiger partial charge < -0.3 is 4.57 Å². The first-order valence-corrected chi connectivity index (χ1v) is 15.1. The van der Waals surface area contributed by atoms with Gasteiger partial charge in [-0.05, 0) is 88.7 Å². The highest BCUT2D eigenvalue weighted by Gasteiger charge is 2.39. The average molecular weight is 527 g/mol. The number of pyridine rings is 1. The third kappa shape index (κ3) is 2.67. The molecule has 5 aromatic carbocycles. The van der Waals surface area contributed by atoms with Gasteiger partial charge in [-0.3, -0.25) is 4.98 Å². The lowest BCUT2D eigenvalue weighted by atomic mass is 9.82. The Bertz CT molecular complexity index is 2280. The highest BCUT2D eigenvalue weighted by molar-refractivity contribution is 6.15. The lowest BCUT2D eigenvalue weighted by Crippen LogP contribution is -2.15. The molecule has 2 heterocycles. The number of rotatable bonds is 1. The molecule has 1 fully saturated rings. The standard InChI is InChI=1S/C39H30N2/c1-39(2)32-11-5-3-8-24(32)29-19-30-25-9-4-6-12-34(25)41(36(30)20-33(29)39)35-13-7-10-27-26(35)16-17-28-37-23-15-14-22(18-23)31(37)21-40-38(27)28/h3-13,16-17,19-23H,14-15,18H2,1-2H3. The van der Waals surface area contributed by atoms with Gasteiger partial charge in [-0.2, -0.15) is 0 Å². The summed E-state index contributed by atoms with van der Waals surface area (Å²) in [6, 6.07) is 34.3. The number of nitrogens with zero attached hydrogens (tertiary/aromatic N) is 2. The predicted molar refractivity (Wildman–Crippen MR) is 170 cm³/mol. The van der Waals surface area contributed by atoms with Gasteiger partial charge >= 0.3 is 0 Å². The molecule has 7 aromatic rings. The van der Waals surface area contributed by atoms with E-state index in [9.17, 15) is 0 Å². The molecule has 196 valence electrons. The fraction of sp³-hybridized carbons (Fsp3) is 0.205. The van der Waals surface area contributed by atoms with Crippen LogP contribution in [-0.4, -0.2) is 9.55 Å². The zero-order valence-electron chi connectivity index (χ0n) is 23.4. The van der Waals surface area contributed by atoms with Gasteiger partial charge in [0.1, 0.15) is 0 Å². The van der Waals surface area contributed by atoms with E-state index in [4.69, 9.17) is 4.98 Å². The van der Waals surface area contributed by atoms with Gasteiger partial charge in [-0.15, -0.1) is 0 Å². The molecule has 2 bridgehead atoms. The van der Waals surface area contributed by atoms with Gasteiger partial charge in [0.25, 0.3) is 0 Å². The summed E-state index contributed by atoms with van der Waals surface area (Å²) in [5.41, 5.74) is 13.6. The second kappa shape index (κ2) is 7.44. The van der Waals surface area contributed by atoms with Crippen molar-refractivity contribution in [2.75, 3.05) is 0 Å². The van der Waals surface area contributed by atoms with Gasteiger partial charge in [-0.25, -0.2) is 0 Å². The normalized spacial score (nSPS) is 19.9. The molecule has 0 N–H and O–H groups in total. The minimum absolute atomic E-state index is 0.0416. The lowest BCUT2D eigenvalue weighted by molar-refractivity contribution is 0.661. The van der Waals surface area contributed by atoms with Crippen LogP contribution in [0.15, 0.2) is 97.2 Å². The van der Waals surface area contributed by atoms with E-state index < -0.39 is 0 Å². The minimum Gasteiger partial charge on any atom is -0.309 e. The topological polar surface area (TPSA) is 17.8 Å². The van der Waals surface area contributed by atoms with Crippen molar-refractivity contribution in [2.45, 2.75) is 50.4 Å². The van der Waals surface area contributed by atoms with Crippen molar-refractivity contribution in [3.8, 4) is 16.8 Å². The summed E-state index contributed by atoms with van der Waals surface area (Å²) in [6.45, 7) is 4.74. The Morgan fingerprint density at radius 1 is 0.659 bits per heavy atom. The number of benzene rings is 5. The second-order valence-corrected chi connectivity index (χ2v) is 13.1. The molecule has 0 saturated heterocycles. The number of fused-ring (bicyclic) bond motifs is 15. The summed E-state index contributed by atoms with van der Waals surface area (Å²) in [4.78, 5) is 5.13. The first kappa shape index (κ1) is 22.3. The van der Waals surface area contributed by atoms with Crippen LogP contribution in [0.25, 0.3) is 60.3 Å². The lowest BCUT2D eigenvalue weighted by Gasteiger charge is -2.22. The maximum atomic E-state index is 5.13. The molecule has 3 aliphatic rings. The Morgan fingerprint density at radius 2 is 1.46 bits per heavy atom. The molecular weight excluding hydrogens is 496 g/mol. The largest absolute Gasteiger partial charge is 0.309 e. The summed E-state index contributed by atoms with van der Waals surface area (Å²) in [6.07, 6.45) is 6.19. The molecular formula is C39H30N2. The Kier molecular flexibility index (Phi) is 4.05.